The van der Waals surface area contributed by atoms with Crippen LogP contribution in [-0.4, -0.2) is 48.8 Å². The van der Waals surface area contributed by atoms with E-state index in [-0.39, 0.29) is 11.9 Å². The molecule has 0 spiro atoms. The molecule has 27 heavy (non-hydrogen) atoms. The molecule has 1 atom stereocenters. The summed E-state index contributed by atoms with van der Waals surface area (Å²) in [6, 6.07) is 3.14. The maximum Gasteiger partial charge on any atom is 0.254 e. The molecule has 0 bridgehead atoms. The highest BCUT2D eigenvalue weighted by Gasteiger charge is 2.37. The molecule has 1 saturated heterocycles. The standard InChI is InChI=1S/C19H23N3O5/c1-24-14-9-12(10-15(25-2)16(14)26-3)19(23)22-8-4-5-13(22)18-20-17(21-27-18)11-6-7-11/h9-11,13H,4-8H2,1-3H3. The topological polar surface area (TPSA) is 86.9 Å². The van der Waals surface area contributed by atoms with Gasteiger partial charge in [-0.25, -0.2) is 0 Å². The van der Waals surface area contributed by atoms with Gasteiger partial charge in [0.05, 0.1) is 21.3 Å². The molecular weight excluding hydrogens is 350 g/mol. The Morgan fingerprint density at radius 3 is 2.41 bits per heavy atom. The Kier molecular flexibility index (Phi) is 4.63. The van der Waals surface area contributed by atoms with Crippen LogP contribution in [0.4, 0.5) is 0 Å². The first-order valence-electron chi connectivity index (χ1n) is 9.10. The number of nitrogens with zero attached hydrogens (tertiary/aromatic N) is 3. The molecule has 1 amide bonds. The normalized spacial score (nSPS) is 19.2. The third-order valence-corrected chi connectivity index (χ3v) is 5.11. The Morgan fingerprint density at radius 1 is 1.11 bits per heavy atom. The van der Waals surface area contributed by atoms with Crippen molar-refractivity contribution < 1.29 is 23.5 Å². The molecule has 0 radical (unpaired) electrons. The van der Waals surface area contributed by atoms with E-state index >= 15 is 0 Å². The third kappa shape index (κ3) is 3.20. The monoisotopic (exact) mass is 373 g/mol. The van der Waals surface area contributed by atoms with Crippen LogP contribution in [0, 0.1) is 0 Å². The van der Waals surface area contributed by atoms with Crippen molar-refractivity contribution in [3.05, 3.63) is 29.4 Å². The molecule has 1 unspecified atom stereocenters. The van der Waals surface area contributed by atoms with Crippen LogP contribution in [0.2, 0.25) is 0 Å². The van der Waals surface area contributed by atoms with E-state index in [2.05, 4.69) is 10.1 Å². The number of rotatable bonds is 6. The van der Waals surface area contributed by atoms with Gasteiger partial charge in [0.2, 0.25) is 11.6 Å². The van der Waals surface area contributed by atoms with Crippen molar-refractivity contribution in [1.29, 1.82) is 0 Å². The van der Waals surface area contributed by atoms with Crippen molar-refractivity contribution in [3.8, 4) is 17.2 Å². The van der Waals surface area contributed by atoms with Crippen LogP contribution in [-0.2, 0) is 0 Å². The molecule has 4 rings (SSSR count). The second-order valence-electron chi connectivity index (χ2n) is 6.84. The quantitative estimate of drug-likeness (QED) is 0.769. The van der Waals surface area contributed by atoms with Gasteiger partial charge in [0.15, 0.2) is 17.3 Å². The first-order chi connectivity index (χ1) is 13.2. The molecule has 1 saturated carbocycles. The van der Waals surface area contributed by atoms with E-state index in [4.69, 9.17) is 18.7 Å². The smallest absolute Gasteiger partial charge is 0.254 e. The number of ether oxygens (including phenoxy) is 3. The van der Waals surface area contributed by atoms with Gasteiger partial charge in [0.25, 0.3) is 5.91 Å². The SMILES string of the molecule is COc1cc(C(=O)N2CCCC2c2nc(C3CC3)no2)cc(OC)c1OC. The second kappa shape index (κ2) is 7.09. The predicted octanol–water partition coefficient (Wildman–Crippen LogP) is 2.95. The summed E-state index contributed by atoms with van der Waals surface area (Å²) in [5.74, 6) is 2.94. The summed E-state index contributed by atoms with van der Waals surface area (Å²) in [5, 5.41) is 4.09. The van der Waals surface area contributed by atoms with Gasteiger partial charge in [-0.05, 0) is 37.8 Å². The van der Waals surface area contributed by atoms with Gasteiger partial charge in [-0.1, -0.05) is 5.16 Å². The summed E-state index contributed by atoms with van der Waals surface area (Å²) in [6.07, 6.45) is 3.92. The van der Waals surface area contributed by atoms with Crippen molar-refractivity contribution in [2.24, 2.45) is 0 Å². The summed E-state index contributed by atoms with van der Waals surface area (Å²) < 4.78 is 21.5. The molecule has 2 heterocycles. The lowest BCUT2D eigenvalue weighted by atomic mass is 10.1. The number of methoxy groups -OCH3 is 3. The number of hydrogen-bond donors (Lipinski definition) is 0. The fourth-order valence-corrected chi connectivity index (χ4v) is 3.53. The number of hydrogen-bond acceptors (Lipinski definition) is 7. The highest BCUT2D eigenvalue weighted by atomic mass is 16.5. The van der Waals surface area contributed by atoms with Crippen LogP contribution >= 0.6 is 0 Å². The minimum atomic E-state index is -0.198. The zero-order chi connectivity index (χ0) is 19.0. The molecular formula is C19H23N3O5. The van der Waals surface area contributed by atoms with Crippen molar-refractivity contribution >= 4 is 5.91 Å². The third-order valence-electron chi connectivity index (χ3n) is 5.11. The molecule has 8 nitrogen and oxygen atoms in total. The fraction of sp³-hybridized carbons (Fsp3) is 0.526. The second-order valence-corrected chi connectivity index (χ2v) is 6.84. The predicted molar refractivity (Wildman–Crippen MR) is 95.4 cm³/mol. The minimum absolute atomic E-state index is 0.122. The first-order valence-corrected chi connectivity index (χ1v) is 9.10. The average Bonchev–Trinajstić information content (AvgIpc) is 3.23. The minimum Gasteiger partial charge on any atom is -0.493 e. The lowest BCUT2D eigenvalue weighted by Crippen LogP contribution is -2.30. The van der Waals surface area contributed by atoms with Crippen LogP contribution in [0.3, 0.4) is 0 Å². The van der Waals surface area contributed by atoms with Gasteiger partial charge in [-0.3, -0.25) is 4.79 Å². The van der Waals surface area contributed by atoms with E-state index in [9.17, 15) is 4.79 Å². The number of likely N-dealkylation sites (tertiary alicyclic amines) is 1. The largest absolute Gasteiger partial charge is 0.493 e. The van der Waals surface area contributed by atoms with Crippen LogP contribution in [0.1, 0.15) is 59.7 Å². The van der Waals surface area contributed by atoms with E-state index in [1.807, 2.05) is 0 Å². The van der Waals surface area contributed by atoms with E-state index in [1.165, 1.54) is 21.3 Å². The summed E-state index contributed by atoms with van der Waals surface area (Å²) in [7, 11) is 4.59. The Morgan fingerprint density at radius 2 is 1.81 bits per heavy atom. The molecule has 1 aliphatic carbocycles. The summed E-state index contributed by atoms with van der Waals surface area (Å²) in [5.41, 5.74) is 0.471. The number of amides is 1. The molecule has 2 aromatic rings. The van der Waals surface area contributed by atoms with Gasteiger partial charge < -0.3 is 23.6 Å². The lowest BCUT2D eigenvalue weighted by molar-refractivity contribution is 0.0709. The zero-order valence-corrected chi connectivity index (χ0v) is 15.7. The van der Waals surface area contributed by atoms with Crippen molar-refractivity contribution in [1.82, 2.24) is 15.0 Å². The van der Waals surface area contributed by atoms with Crippen LogP contribution < -0.4 is 14.2 Å². The van der Waals surface area contributed by atoms with Gasteiger partial charge in [0, 0.05) is 18.0 Å². The highest BCUT2D eigenvalue weighted by Crippen LogP contribution is 2.41. The van der Waals surface area contributed by atoms with Crippen molar-refractivity contribution in [2.75, 3.05) is 27.9 Å². The van der Waals surface area contributed by atoms with E-state index < -0.39 is 0 Å². The molecule has 2 fully saturated rings. The molecule has 144 valence electrons. The van der Waals surface area contributed by atoms with Gasteiger partial charge in [0.1, 0.15) is 6.04 Å². The van der Waals surface area contributed by atoms with Crippen LogP contribution in [0.15, 0.2) is 16.7 Å². The zero-order valence-electron chi connectivity index (χ0n) is 15.7. The molecule has 2 aliphatic rings. The summed E-state index contributed by atoms with van der Waals surface area (Å²) in [6.45, 7) is 0.640. The van der Waals surface area contributed by atoms with Crippen LogP contribution in [0.5, 0.6) is 17.2 Å². The molecule has 8 heteroatoms. The Hall–Kier alpha value is -2.77. The maximum atomic E-state index is 13.2. The number of carbonyl (C=O) groups is 1. The van der Waals surface area contributed by atoms with Crippen molar-refractivity contribution in [3.63, 3.8) is 0 Å². The Balaban J connectivity index is 1.62. The molecule has 0 N–H and O–H groups in total. The number of benzene rings is 1. The lowest BCUT2D eigenvalue weighted by Gasteiger charge is -2.23. The van der Waals surface area contributed by atoms with E-state index in [1.54, 1.807) is 17.0 Å². The Bertz CT molecular complexity index is 821. The van der Waals surface area contributed by atoms with E-state index in [0.29, 0.717) is 41.2 Å². The molecule has 1 aliphatic heterocycles. The summed E-state index contributed by atoms with van der Waals surface area (Å²) >= 11 is 0. The van der Waals surface area contributed by atoms with Crippen molar-refractivity contribution in [2.45, 2.75) is 37.6 Å². The molecule has 1 aromatic carbocycles. The number of aromatic nitrogens is 2. The average molecular weight is 373 g/mol. The van der Waals surface area contributed by atoms with Gasteiger partial charge in [-0.2, -0.15) is 4.98 Å². The highest BCUT2D eigenvalue weighted by molar-refractivity contribution is 5.96. The van der Waals surface area contributed by atoms with E-state index in [0.717, 1.165) is 31.5 Å². The summed E-state index contributed by atoms with van der Waals surface area (Å²) in [4.78, 5) is 19.5. The first kappa shape index (κ1) is 17.6. The molecule has 1 aromatic heterocycles. The fourth-order valence-electron chi connectivity index (χ4n) is 3.53. The Labute approximate surface area is 157 Å². The van der Waals surface area contributed by atoms with Gasteiger partial charge >= 0.3 is 0 Å². The van der Waals surface area contributed by atoms with Gasteiger partial charge in [-0.15, -0.1) is 0 Å². The van der Waals surface area contributed by atoms with Crippen LogP contribution in [0.25, 0.3) is 0 Å². The number of carbonyl (C=O) groups excluding carboxylic acids is 1. The maximum absolute atomic E-state index is 13.2.